The first kappa shape index (κ1) is 86.6. The lowest BCUT2D eigenvalue weighted by molar-refractivity contribution is -0.142. The Morgan fingerprint density at radius 2 is 1.02 bits per heavy atom. The number of benzene rings is 5. The number of nitrogens with one attached hydrogen (secondary N) is 14. The average Bonchev–Trinajstić information content (AvgIpc) is 1.65. The SMILES string of the molecule is CC(C)NCc1ccc(C[C@@H]2NC(=O)[C@@H](Cc3c[nH]c4ccccc34)NC(=O)[C@H](Cc3ccccc3)NC(=O)[C@@H]3CC(=O)NC[C@H](NC(=O)[C@H](Cc4ccccc4)NC(=O)[C@@H]([C@@H](C)O)NC2=O)C(=O)N[C@@H](CO)C(=O)N[C@H](C(=O)O)CSSC[C@H](NC(=O)[C@@H](N)Cc2ccc(O)cc2)C(=O)N[C@@H](CCCCN)C(=O)N3)cc1. The van der Waals surface area contributed by atoms with Crippen molar-refractivity contribution in [3.05, 3.63) is 173 Å². The largest absolute Gasteiger partial charge is 0.508 e. The van der Waals surface area contributed by atoms with Crippen molar-refractivity contribution in [1.29, 1.82) is 0 Å². The molecule has 0 radical (unpaired) electrons. The zero-order valence-electron chi connectivity index (χ0n) is 62.0. The Kier molecular flexibility index (Phi) is 33.3. The molecule has 600 valence electrons. The van der Waals surface area contributed by atoms with E-state index in [0.29, 0.717) is 45.3 Å². The van der Waals surface area contributed by atoms with Crippen molar-refractivity contribution >= 4 is 109 Å². The molecule has 0 spiro atoms. The Bertz CT molecular complexity index is 4240. The van der Waals surface area contributed by atoms with E-state index in [9.17, 15) is 54.0 Å². The zero-order chi connectivity index (χ0) is 81.0. The molecule has 1 aromatic heterocycles. The number of hydrogen-bond donors (Lipinski definition) is 20. The van der Waals surface area contributed by atoms with E-state index in [1.54, 1.807) is 103 Å². The molecule has 8 rings (SSSR count). The van der Waals surface area contributed by atoms with Gasteiger partial charge in [-0.1, -0.05) is 151 Å². The number of rotatable bonds is 22. The summed E-state index contributed by atoms with van der Waals surface area (Å²) in [6.45, 7) is 3.57. The summed E-state index contributed by atoms with van der Waals surface area (Å²) in [4.78, 5) is 195. The maximum atomic E-state index is 15.5. The second kappa shape index (κ2) is 43.0. The fourth-order valence-electron chi connectivity index (χ4n) is 12.2. The van der Waals surface area contributed by atoms with Crippen molar-refractivity contribution in [2.45, 2.75) is 170 Å². The number of carbonyl (C=O) groups excluding carboxylic acids is 12. The smallest absolute Gasteiger partial charge is 0.327 e. The number of fused-ring (bicyclic) bond motifs is 6. The topological polar surface area (TPSA) is 527 Å². The Labute approximate surface area is 654 Å². The molecule has 2 fully saturated rings. The number of H-pyrrole nitrogens is 1. The minimum Gasteiger partial charge on any atom is -0.508 e. The van der Waals surface area contributed by atoms with E-state index in [-0.39, 0.29) is 75.5 Å². The van der Waals surface area contributed by atoms with Crippen molar-refractivity contribution in [3.63, 3.8) is 0 Å². The van der Waals surface area contributed by atoms with Crippen LogP contribution in [0.2, 0.25) is 0 Å². The highest BCUT2D eigenvalue weighted by Crippen LogP contribution is 2.25. The van der Waals surface area contributed by atoms with Crippen LogP contribution in [0.4, 0.5) is 0 Å². The quantitative estimate of drug-likeness (QED) is 0.0259. The molecule has 112 heavy (non-hydrogen) atoms. The third kappa shape index (κ3) is 26.6. The van der Waals surface area contributed by atoms with Gasteiger partial charge in [0.25, 0.3) is 0 Å². The minimum absolute atomic E-state index is 0.0582. The molecule has 5 aromatic carbocycles. The monoisotopic (exact) mass is 1580 g/mol. The van der Waals surface area contributed by atoms with Crippen LogP contribution in [0.5, 0.6) is 5.75 Å². The van der Waals surface area contributed by atoms with Gasteiger partial charge in [-0.25, -0.2) is 4.79 Å². The van der Waals surface area contributed by atoms with E-state index in [1.807, 2.05) is 26.0 Å². The number of aliphatic carboxylic acids is 1. The van der Waals surface area contributed by atoms with Gasteiger partial charge in [-0.3, -0.25) is 57.5 Å². The third-order valence-electron chi connectivity index (χ3n) is 18.5. The first-order valence-corrected chi connectivity index (χ1v) is 39.2. The number of nitrogens with two attached hydrogens (primary N) is 2. The highest BCUT2D eigenvalue weighted by atomic mass is 33.1. The molecule has 2 saturated heterocycles. The van der Waals surface area contributed by atoms with Crippen LogP contribution in [0.3, 0.4) is 0 Å². The fraction of sp³-hybridized carbons (Fsp3) is 0.416. The number of aliphatic hydroxyl groups is 2. The van der Waals surface area contributed by atoms with E-state index in [2.05, 4.69) is 74.1 Å². The van der Waals surface area contributed by atoms with Gasteiger partial charge in [0.2, 0.25) is 70.9 Å². The van der Waals surface area contributed by atoms with E-state index in [4.69, 9.17) is 11.5 Å². The molecule has 13 atom stereocenters. The lowest BCUT2D eigenvalue weighted by Crippen LogP contribution is -2.63. The molecule has 12 amide bonds. The third-order valence-corrected chi connectivity index (χ3v) is 20.9. The number of amides is 12. The number of aromatic hydroxyl groups is 1. The number of hydrogen-bond acceptors (Lipinski definition) is 21. The lowest BCUT2D eigenvalue weighted by atomic mass is 9.99. The molecular weight excluding hydrogens is 1490 g/mol. The number of unbranched alkanes of at least 4 members (excludes halogenated alkanes) is 1. The number of phenols is 1. The van der Waals surface area contributed by atoms with Crippen molar-refractivity contribution < 1.29 is 82.8 Å². The van der Waals surface area contributed by atoms with Crippen LogP contribution in [0.15, 0.2) is 140 Å². The van der Waals surface area contributed by atoms with E-state index in [0.717, 1.165) is 27.2 Å². The van der Waals surface area contributed by atoms with Gasteiger partial charge in [0.1, 0.15) is 72.2 Å². The summed E-state index contributed by atoms with van der Waals surface area (Å²) in [6.07, 6.45) is -2.25. The molecule has 0 saturated carbocycles. The second-order valence-corrected chi connectivity index (χ2v) is 30.2. The number of carboxylic acid groups (broad SMARTS) is 1. The predicted molar refractivity (Wildman–Crippen MR) is 417 cm³/mol. The van der Waals surface area contributed by atoms with Crippen LogP contribution < -0.4 is 80.6 Å². The van der Waals surface area contributed by atoms with E-state index < -0.39 is 181 Å². The van der Waals surface area contributed by atoms with Gasteiger partial charge < -0.3 is 106 Å². The Morgan fingerprint density at radius 3 is 1.62 bits per heavy atom. The molecule has 3 heterocycles. The normalized spacial score (nSPS) is 23.5. The summed E-state index contributed by atoms with van der Waals surface area (Å²) in [5.74, 6) is -15.7. The highest BCUT2D eigenvalue weighted by Gasteiger charge is 2.40. The van der Waals surface area contributed by atoms with E-state index >= 15 is 28.8 Å². The Hall–Kier alpha value is -11.0. The van der Waals surface area contributed by atoms with Crippen molar-refractivity contribution in [2.75, 3.05) is 31.2 Å². The standard InChI is InChI=1S/C77H98N16O17S2/c1-42(2)80-36-48-23-21-47(22-24-48)33-57-72(104)93-65(43(3)95)76(108)88-56(32-45-16-8-5-9-17-45)69(101)89-60-38-82-64(97)35-59(71(103)84-55(31-44-14-6-4-7-15-44)68(100)86-58(70(102)85-57)34-49-37-81-53-19-11-10-18-51(49)53)87-67(99)54(20-12-13-29-78)83-75(107)62(91-66(98)52(79)30-46-25-27-50(96)28-26-46)40-111-112-41-63(77(109)110)92-74(106)61(39-94)90-73(60)105/h4-11,14-19,21-28,37,42-43,52,54-63,65,80-81,94-96H,12-13,20,29-36,38-41,78-79H2,1-3H3,(H,82,97)(H,83,107)(H,84,103)(H,85,102)(H,86,100)(H,87,99)(H,88,108)(H,89,101)(H,90,105)(H,91,98)(H,92,106)(H,93,104)(H,109,110)/t43-,52+,54+,55+,56+,57+,58-,59+,60+,61+,62+,63+,65-/m1/s1. The van der Waals surface area contributed by atoms with Crippen LogP contribution in [0.25, 0.3) is 10.9 Å². The van der Waals surface area contributed by atoms with Gasteiger partial charge in [0.05, 0.1) is 25.2 Å². The van der Waals surface area contributed by atoms with Crippen LogP contribution in [0.1, 0.15) is 79.8 Å². The summed E-state index contributed by atoms with van der Waals surface area (Å²) in [5.41, 5.74) is 16.2. The van der Waals surface area contributed by atoms with Crippen LogP contribution in [-0.2, 0) is 101 Å². The second-order valence-electron chi connectivity index (χ2n) is 27.7. The summed E-state index contributed by atoms with van der Waals surface area (Å²) in [7, 11) is 1.65. The predicted octanol–water partition coefficient (Wildman–Crippen LogP) is -1.95. The summed E-state index contributed by atoms with van der Waals surface area (Å²) >= 11 is 0. The minimum atomic E-state index is -2.05. The molecule has 33 nitrogen and oxygen atoms in total. The maximum absolute atomic E-state index is 15.5. The summed E-state index contributed by atoms with van der Waals surface area (Å²) in [6, 6.07) is 15.5. The van der Waals surface area contributed by atoms with Crippen molar-refractivity contribution in [1.82, 2.24) is 74.1 Å². The Balaban J connectivity index is 1.26. The van der Waals surface area contributed by atoms with Crippen LogP contribution in [-0.4, -0.2) is 218 Å². The molecule has 2 bridgehead atoms. The van der Waals surface area contributed by atoms with Crippen molar-refractivity contribution in [2.24, 2.45) is 11.5 Å². The molecule has 2 aliphatic heterocycles. The summed E-state index contributed by atoms with van der Waals surface area (Å²) in [5, 5.41) is 77.1. The molecule has 0 aliphatic carbocycles. The molecule has 2 aliphatic rings. The molecule has 0 unspecified atom stereocenters. The molecule has 35 heteroatoms. The summed E-state index contributed by atoms with van der Waals surface area (Å²) < 4.78 is 0. The number of carboxylic acids is 1. The van der Waals surface area contributed by atoms with Crippen LogP contribution >= 0.6 is 21.6 Å². The molecule has 6 aromatic rings. The molecule has 22 N–H and O–H groups in total. The van der Waals surface area contributed by atoms with Crippen LogP contribution in [0, 0.1) is 0 Å². The number of phenolic OH excluding ortho intramolecular Hbond substituents is 1. The first-order chi connectivity index (χ1) is 53.6. The lowest BCUT2D eigenvalue weighted by Gasteiger charge is -2.29. The van der Waals surface area contributed by atoms with Crippen molar-refractivity contribution in [3.8, 4) is 5.75 Å². The molecular formula is C77H98N16O17S2. The first-order valence-electron chi connectivity index (χ1n) is 36.7. The number of aromatic amines is 1. The zero-order valence-corrected chi connectivity index (χ0v) is 63.7. The Morgan fingerprint density at radius 1 is 0.527 bits per heavy atom. The average molecular weight is 1580 g/mol. The maximum Gasteiger partial charge on any atom is 0.327 e. The highest BCUT2D eigenvalue weighted by molar-refractivity contribution is 8.76. The van der Waals surface area contributed by atoms with Gasteiger partial charge in [-0.2, -0.15) is 0 Å². The number of aliphatic hydroxyl groups excluding tert-OH is 2. The van der Waals surface area contributed by atoms with Gasteiger partial charge in [0.15, 0.2) is 0 Å². The number of aromatic nitrogens is 1. The van der Waals surface area contributed by atoms with Gasteiger partial charge >= 0.3 is 5.97 Å². The van der Waals surface area contributed by atoms with Gasteiger partial charge in [-0.15, -0.1) is 0 Å². The number of para-hydroxylation sites is 1. The van der Waals surface area contributed by atoms with E-state index in [1.165, 1.54) is 31.2 Å². The fourth-order valence-corrected chi connectivity index (χ4v) is 14.5. The van der Waals surface area contributed by atoms with Gasteiger partial charge in [-0.05, 0) is 90.7 Å². The van der Waals surface area contributed by atoms with Gasteiger partial charge in [0, 0.05) is 73.4 Å². The number of carbonyl (C=O) groups is 13.